The van der Waals surface area contributed by atoms with Gasteiger partial charge in [0.05, 0.1) is 10.6 Å². The van der Waals surface area contributed by atoms with Crippen LogP contribution in [0.4, 0.5) is 5.69 Å². The number of nitrogen functional groups attached to an aromatic ring is 1. The van der Waals surface area contributed by atoms with Crippen molar-refractivity contribution in [2.75, 3.05) is 12.0 Å². The number of hydrogen-bond donors (Lipinski definition) is 1. The number of ether oxygens (including phenoxy) is 1. The second kappa shape index (κ2) is 5.32. The lowest BCUT2D eigenvalue weighted by atomic mass is 10.2. The highest BCUT2D eigenvalue weighted by molar-refractivity contribution is 7.90. The third kappa shape index (κ3) is 3.26. The van der Waals surface area contributed by atoms with Crippen LogP contribution in [0.1, 0.15) is 5.56 Å². The quantitative estimate of drug-likeness (QED) is 0.870. The van der Waals surface area contributed by atoms with Gasteiger partial charge in [-0.25, -0.2) is 8.42 Å². The highest BCUT2D eigenvalue weighted by Crippen LogP contribution is 2.29. The molecule has 4 nitrogen and oxygen atoms in total. The highest BCUT2D eigenvalue weighted by Gasteiger charge is 2.14. The van der Waals surface area contributed by atoms with Gasteiger partial charge in [0.1, 0.15) is 12.4 Å². The zero-order chi connectivity index (χ0) is 13.9. The Hall–Kier alpha value is -2.01. The van der Waals surface area contributed by atoms with Crippen LogP contribution in [-0.2, 0) is 16.4 Å². The molecule has 0 atom stereocenters. The minimum Gasteiger partial charge on any atom is -0.487 e. The summed E-state index contributed by atoms with van der Waals surface area (Å²) in [6.45, 7) is 0.345. The van der Waals surface area contributed by atoms with Gasteiger partial charge in [0.25, 0.3) is 0 Å². The first-order valence-electron chi connectivity index (χ1n) is 5.74. The molecule has 2 rings (SSSR count). The molecule has 0 aliphatic rings. The van der Waals surface area contributed by atoms with Crippen LogP contribution >= 0.6 is 0 Å². The number of para-hydroxylation sites is 1. The van der Waals surface area contributed by atoms with Crippen molar-refractivity contribution >= 4 is 15.5 Å². The van der Waals surface area contributed by atoms with E-state index in [1.807, 2.05) is 30.3 Å². The van der Waals surface area contributed by atoms with Gasteiger partial charge in [0, 0.05) is 6.26 Å². The molecule has 0 aliphatic carbocycles. The van der Waals surface area contributed by atoms with E-state index in [-0.39, 0.29) is 10.6 Å². The van der Waals surface area contributed by atoms with Gasteiger partial charge >= 0.3 is 0 Å². The van der Waals surface area contributed by atoms with E-state index in [1.54, 1.807) is 12.1 Å². The average Bonchev–Trinajstić information content (AvgIpc) is 2.37. The summed E-state index contributed by atoms with van der Waals surface area (Å²) in [6.07, 6.45) is 1.12. The highest BCUT2D eigenvalue weighted by atomic mass is 32.2. The molecule has 0 bridgehead atoms. The molecule has 0 saturated heterocycles. The molecule has 0 aliphatic heterocycles. The van der Waals surface area contributed by atoms with Crippen molar-refractivity contribution in [2.45, 2.75) is 11.5 Å². The Labute approximate surface area is 112 Å². The van der Waals surface area contributed by atoms with Gasteiger partial charge in [-0.05, 0) is 17.7 Å². The Bertz CT molecular complexity index is 666. The standard InChI is InChI=1S/C14H15NO3S/c1-19(16,17)13-9-5-8-12(14(13)15)18-10-11-6-3-2-4-7-11/h2-9H,10,15H2,1H3. The number of nitrogens with two attached hydrogens (primary N) is 1. The van der Waals surface area contributed by atoms with Gasteiger partial charge in [0.2, 0.25) is 0 Å². The minimum absolute atomic E-state index is 0.0954. The van der Waals surface area contributed by atoms with Crippen molar-refractivity contribution in [1.29, 1.82) is 0 Å². The van der Waals surface area contributed by atoms with E-state index < -0.39 is 9.84 Å². The Kier molecular flexibility index (Phi) is 3.76. The first-order chi connectivity index (χ1) is 8.98. The van der Waals surface area contributed by atoms with Gasteiger partial charge in [-0.15, -0.1) is 0 Å². The molecular weight excluding hydrogens is 262 g/mol. The minimum atomic E-state index is -3.34. The molecule has 100 valence electrons. The Balaban J connectivity index is 2.23. The first-order valence-corrected chi connectivity index (χ1v) is 7.63. The summed E-state index contributed by atoms with van der Waals surface area (Å²) in [6, 6.07) is 14.3. The molecule has 0 amide bonds. The largest absolute Gasteiger partial charge is 0.487 e. The lowest BCUT2D eigenvalue weighted by Gasteiger charge is -2.11. The van der Waals surface area contributed by atoms with Crippen LogP contribution in [0.5, 0.6) is 5.75 Å². The smallest absolute Gasteiger partial charge is 0.177 e. The molecule has 2 aromatic rings. The van der Waals surface area contributed by atoms with E-state index >= 15 is 0 Å². The SMILES string of the molecule is CS(=O)(=O)c1cccc(OCc2ccccc2)c1N. The third-order valence-electron chi connectivity index (χ3n) is 2.66. The maximum atomic E-state index is 11.5. The molecule has 2 aromatic carbocycles. The van der Waals surface area contributed by atoms with E-state index in [2.05, 4.69) is 0 Å². The van der Waals surface area contributed by atoms with E-state index in [1.165, 1.54) is 6.07 Å². The second-order valence-corrected chi connectivity index (χ2v) is 6.20. The molecule has 0 heterocycles. The van der Waals surface area contributed by atoms with Crippen LogP contribution in [0.15, 0.2) is 53.4 Å². The fourth-order valence-electron chi connectivity index (χ4n) is 1.71. The average molecular weight is 277 g/mol. The number of hydrogen-bond acceptors (Lipinski definition) is 4. The van der Waals surface area contributed by atoms with Crippen molar-refractivity contribution in [2.24, 2.45) is 0 Å². The van der Waals surface area contributed by atoms with Crippen LogP contribution in [0.25, 0.3) is 0 Å². The molecule has 0 radical (unpaired) electrons. The van der Waals surface area contributed by atoms with E-state index in [9.17, 15) is 8.42 Å². The van der Waals surface area contributed by atoms with Gasteiger partial charge in [-0.2, -0.15) is 0 Å². The Morgan fingerprint density at radius 2 is 1.74 bits per heavy atom. The van der Waals surface area contributed by atoms with E-state index in [4.69, 9.17) is 10.5 Å². The van der Waals surface area contributed by atoms with Crippen molar-refractivity contribution in [3.63, 3.8) is 0 Å². The summed E-state index contributed by atoms with van der Waals surface area (Å²) in [7, 11) is -3.34. The van der Waals surface area contributed by atoms with Crippen molar-refractivity contribution in [1.82, 2.24) is 0 Å². The van der Waals surface area contributed by atoms with Crippen LogP contribution in [-0.4, -0.2) is 14.7 Å². The maximum absolute atomic E-state index is 11.5. The number of sulfone groups is 1. The van der Waals surface area contributed by atoms with Gasteiger partial charge < -0.3 is 10.5 Å². The van der Waals surface area contributed by atoms with Gasteiger partial charge in [0.15, 0.2) is 9.84 Å². The summed E-state index contributed by atoms with van der Waals surface area (Å²) < 4.78 is 28.7. The third-order valence-corrected chi connectivity index (χ3v) is 3.82. The van der Waals surface area contributed by atoms with Crippen molar-refractivity contribution in [3.8, 4) is 5.75 Å². The van der Waals surface area contributed by atoms with Gasteiger partial charge in [-0.3, -0.25) is 0 Å². The molecule has 5 heteroatoms. The molecule has 0 aromatic heterocycles. The molecular formula is C14H15NO3S. The van der Waals surface area contributed by atoms with Crippen molar-refractivity contribution in [3.05, 3.63) is 54.1 Å². The normalized spacial score (nSPS) is 11.2. The van der Waals surface area contributed by atoms with Crippen LogP contribution < -0.4 is 10.5 Å². The monoisotopic (exact) mass is 277 g/mol. The van der Waals surface area contributed by atoms with E-state index in [0.717, 1.165) is 11.8 Å². The van der Waals surface area contributed by atoms with Crippen molar-refractivity contribution < 1.29 is 13.2 Å². The summed E-state index contributed by atoms with van der Waals surface area (Å²) >= 11 is 0. The Morgan fingerprint density at radius 1 is 1.05 bits per heavy atom. The van der Waals surface area contributed by atoms with Crippen LogP contribution in [0, 0.1) is 0 Å². The topological polar surface area (TPSA) is 69.4 Å². The summed E-state index contributed by atoms with van der Waals surface area (Å²) in [5.74, 6) is 0.381. The number of rotatable bonds is 4. The molecule has 0 spiro atoms. The second-order valence-electron chi connectivity index (χ2n) is 4.21. The molecule has 19 heavy (non-hydrogen) atoms. The van der Waals surface area contributed by atoms with Crippen LogP contribution in [0.2, 0.25) is 0 Å². The number of benzene rings is 2. The zero-order valence-corrected chi connectivity index (χ0v) is 11.4. The first kappa shape index (κ1) is 13.4. The fourth-order valence-corrected chi connectivity index (χ4v) is 2.53. The number of anilines is 1. The summed E-state index contributed by atoms with van der Waals surface area (Å²) in [4.78, 5) is 0.0954. The van der Waals surface area contributed by atoms with Crippen LogP contribution in [0.3, 0.4) is 0 Å². The molecule has 0 fully saturated rings. The maximum Gasteiger partial charge on any atom is 0.177 e. The zero-order valence-electron chi connectivity index (χ0n) is 10.5. The van der Waals surface area contributed by atoms with E-state index in [0.29, 0.717) is 12.4 Å². The summed E-state index contributed by atoms with van der Waals surface area (Å²) in [5, 5.41) is 0. The summed E-state index contributed by atoms with van der Waals surface area (Å²) in [5.41, 5.74) is 6.98. The lowest BCUT2D eigenvalue weighted by molar-refractivity contribution is 0.307. The molecule has 0 saturated carbocycles. The molecule has 2 N–H and O–H groups in total. The lowest BCUT2D eigenvalue weighted by Crippen LogP contribution is -2.05. The molecule has 0 unspecified atom stereocenters. The fraction of sp³-hybridized carbons (Fsp3) is 0.143. The van der Waals surface area contributed by atoms with Gasteiger partial charge in [-0.1, -0.05) is 36.4 Å². The predicted octanol–water partition coefficient (Wildman–Crippen LogP) is 2.25. The Morgan fingerprint density at radius 3 is 2.37 bits per heavy atom. The predicted molar refractivity (Wildman–Crippen MR) is 74.7 cm³/mol.